The Hall–Kier alpha value is -2.87. The van der Waals surface area contributed by atoms with E-state index in [4.69, 9.17) is 4.74 Å². The molecule has 0 aliphatic carbocycles. The number of aromatic nitrogens is 4. The lowest BCUT2D eigenvalue weighted by molar-refractivity contribution is 0.256. The van der Waals surface area contributed by atoms with Crippen LogP contribution in [-0.2, 0) is 19.9 Å². The average Bonchev–Trinajstić information content (AvgIpc) is 2.52. The highest BCUT2D eigenvalue weighted by Gasteiger charge is 2.27. The van der Waals surface area contributed by atoms with Crippen molar-refractivity contribution in [3.8, 4) is 6.01 Å². The number of anilines is 1. The number of urea groups is 1. The van der Waals surface area contributed by atoms with Crippen LogP contribution in [0.5, 0.6) is 6.01 Å². The van der Waals surface area contributed by atoms with E-state index in [1.165, 1.54) is 20.1 Å². The number of sulfonamides is 1. The fourth-order valence-corrected chi connectivity index (χ4v) is 4.18. The Kier molecular flexibility index (Phi) is 5.36. The van der Waals surface area contributed by atoms with E-state index < -0.39 is 35.8 Å². The molecule has 26 heavy (non-hydrogen) atoms. The molecule has 0 bridgehead atoms. The van der Waals surface area contributed by atoms with Gasteiger partial charge in [-0.3, -0.25) is 5.32 Å². The Bertz CT molecular complexity index is 1050. The van der Waals surface area contributed by atoms with Crippen molar-refractivity contribution in [1.82, 2.24) is 24.7 Å². The van der Waals surface area contributed by atoms with Gasteiger partial charge in [-0.1, -0.05) is 0 Å². The monoisotopic (exact) mass is 402 g/mol. The molecule has 2 heterocycles. The number of rotatable bonds is 5. The molecular formula is C12H14N6O6S2. The maximum Gasteiger partial charge on any atom is 0.335 e. The number of methoxy groups -OCH3 is 1. The van der Waals surface area contributed by atoms with Gasteiger partial charge in [-0.2, -0.15) is 15.0 Å². The van der Waals surface area contributed by atoms with Gasteiger partial charge in [0, 0.05) is 12.5 Å². The minimum atomic E-state index is -4.53. The van der Waals surface area contributed by atoms with Gasteiger partial charge in [-0.25, -0.2) is 31.3 Å². The summed E-state index contributed by atoms with van der Waals surface area (Å²) in [4.78, 5) is 26.2. The number of ether oxygens (including phenoxy) is 1. The summed E-state index contributed by atoms with van der Waals surface area (Å²) in [6.45, 7) is 1.51. The van der Waals surface area contributed by atoms with Gasteiger partial charge in [0.2, 0.25) is 5.95 Å². The van der Waals surface area contributed by atoms with Crippen molar-refractivity contribution in [3.63, 3.8) is 0 Å². The molecule has 0 aliphatic heterocycles. The first-order valence-electron chi connectivity index (χ1n) is 6.78. The zero-order valence-electron chi connectivity index (χ0n) is 13.8. The summed E-state index contributed by atoms with van der Waals surface area (Å²) in [6, 6.07) is 0.944. The van der Waals surface area contributed by atoms with Crippen LogP contribution in [0.15, 0.2) is 28.3 Å². The Morgan fingerprint density at radius 2 is 1.85 bits per heavy atom. The molecule has 0 saturated heterocycles. The first-order chi connectivity index (χ1) is 12.0. The van der Waals surface area contributed by atoms with Gasteiger partial charge >= 0.3 is 12.0 Å². The SMILES string of the molecule is COc1nc(C)nc(NC(=O)NS(=O)(=O)c2cccnc2S(C)(=O)=O)n1. The maximum absolute atomic E-state index is 12.3. The molecule has 0 saturated carbocycles. The first kappa shape index (κ1) is 19.5. The Morgan fingerprint density at radius 3 is 2.46 bits per heavy atom. The number of nitrogens with one attached hydrogen (secondary N) is 2. The third-order valence-corrected chi connectivity index (χ3v) is 5.26. The highest BCUT2D eigenvalue weighted by Crippen LogP contribution is 2.17. The predicted octanol–water partition coefficient (Wildman–Crippen LogP) is -0.502. The highest BCUT2D eigenvalue weighted by molar-refractivity contribution is 7.93. The number of carbonyl (C=O) groups excluding carboxylic acids is 1. The van der Waals surface area contributed by atoms with Crippen molar-refractivity contribution in [2.75, 3.05) is 18.7 Å². The molecule has 0 aliphatic rings. The van der Waals surface area contributed by atoms with Crippen LogP contribution in [0, 0.1) is 6.92 Å². The first-order valence-corrected chi connectivity index (χ1v) is 10.2. The van der Waals surface area contributed by atoms with Crippen LogP contribution in [0.3, 0.4) is 0 Å². The number of aryl methyl sites for hydroxylation is 1. The van der Waals surface area contributed by atoms with Gasteiger partial charge in [-0.05, 0) is 19.1 Å². The lowest BCUT2D eigenvalue weighted by Gasteiger charge is -2.10. The van der Waals surface area contributed by atoms with E-state index in [1.807, 2.05) is 0 Å². The second kappa shape index (κ2) is 7.17. The molecule has 0 fully saturated rings. The summed E-state index contributed by atoms with van der Waals surface area (Å²) in [5, 5.41) is 1.42. The van der Waals surface area contributed by atoms with Crippen molar-refractivity contribution < 1.29 is 26.4 Å². The minimum Gasteiger partial charge on any atom is -0.467 e. The van der Waals surface area contributed by atoms with Crippen molar-refractivity contribution in [3.05, 3.63) is 24.2 Å². The van der Waals surface area contributed by atoms with Crippen molar-refractivity contribution in [2.45, 2.75) is 16.8 Å². The summed E-state index contributed by atoms with van der Waals surface area (Å²) in [5.41, 5.74) is 0. The summed E-state index contributed by atoms with van der Waals surface area (Å²) < 4.78 is 54.5. The van der Waals surface area contributed by atoms with Crippen LogP contribution >= 0.6 is 0 Å². The average molecular weight is 402 g/mol. The van der Waals surface area contributed by atoms with E-state index >= 15 is 0 Å². The van der Waals surface area contributed by atoms with Crippen LogP contribution in [0.2, 0.25) is 0 Å². The second-order valence-electron chi connectivity index (χ2n) is 4.83. The van der Waals surface area contributed by atoms with Crippen molar-refractivity contribution in [1.29, 1.82) is 0 Å². The summed E-state index contributed by atoms with van der Waals surface area (Å²) in [5.74, 6) is -0.0294. The van der Waals surface area contributed by atoms with Crippen LogP contribution in [0.25, 0.3) is 0 Å². The molecule has 0 spiro atoms. The van der Waals surface area contributed by atoms with E-state index in [2.05, 4.69) is 25.3 Å². The van der Waals surface area contributed by atoms with Gasteiger partial charge in [0.15, 0.2) is 14.9 Å². The Labute approximate surface area is 149 Å². The summed E-state index contributed by atoms with van der Waals surface area (Å²) >= 11 is 0. The van der Waals surface area contributed by atoms with Crippen LogP contribution < -0.4 is 14.8 Å². The molecule has 2 rings (SSSR count). The zero-order valence-corrected chi connectivity index (χ0v) is 15.4. The summed E-state index contributed by atoms with van der Waals surface area (Å²) in [6.07, 6.45) is 1.92. The van der Waals surface area contributed by atoms with Crippen molar-refractivity contribution in [2.24, 2.45) is 0 Å². The third-order valence-electron chi connectivity index (χ3n) is 2.74. The highest BCUT2D eigenvalue weighted by atomic mass is 32.2. The number of amides is 2. The van der Waals surface area contributed by atoms with Crippen LogP contribution in [0.4, 0.5) is 10.7 Å². The topological polar surface area (TPSA) is 170 Å². The number of hydrogen-bond donors (Lipinski definition) is 2. The largest absolute Gasteiger partial charge is 0.467 e. The molecular weight excluding hydrogens is 388 g/mol. The van der Waals surface area contributed by atoms with Gasteiger partial charge in [-0.15, -0.1) is 0 Å². The molecule has 0 atom stereocenters. The van der Waals surface area contributed by atoms with Gasteiger partial charge in [0.1, 0.15) is 10.7 Å². The summed E-state index contributed by atoms with van der Waals surface area (Å²) in [7, 11) is -7.16. The molecule has 140 valence electrons. The predicted molar refractivity (Wildman–Crippen MR) is 87.8 cm³/mol. The molecule has 2 aromatic heterocycles. The standard InChI is InChI=1S/C12H14N6O6S2/c1-7-14-10(17-12(15-7)24-2)16-11(19)18-26(22,23)8-5-4-6-13-9(8)25(3,20)21/h4-6H,1-3H3,(H2,14,15,16,17,18,19). The number of pyridine rings is 1. The lowest BCUT2D eigenvalue weighted by atomic mass is 10.5. The van der Waals surface area contributed by atoms with Crippen LogP contribution in [-0.4, -0.2) is 56.2 Å². The second-order valence-corrected chi connectivity index (χ2v) is 8.41. The number of carbonyl (C=O) groups is 1. The fourth-order valence-electron chi connectivity index (χ4n) is 1.77. The third kappa shape index (κ3) is 4.60. The number of nitrogens with zero attached hydrogens (tertiary/aromatic N) is 4. The van der Waals surface area contributed by atoms with Crippen LogP contribution in [0.1, 0.15) is 5.82 Å². The van der Waals surface area contributed by atoms with Gasteiger partial charge in [0.25, 0.3) is 10.0 Å². The molecule has 2 N–H and O–H groups in total. The van der Waals surface area contributed by atoms with E-state index in [1.54, 1.807) is 4.72 Å². The Morgan fingerprint density at radius 1 is 1.15 bits per heavy atom. The van der Waals surface area contributed by atoms with E-state index in [0.29, 0.717) is 0 Å². The van der Waals surface area contributed by atoms with Gasteiger partial charge in [0.05, 0.1) is 7.11 Å². The minimum absolute atomic E-state index is 0.0812. The normalized spacial score (nSPS) is 11.7. The quantitative estimate of drug-likeness (QED) is 0.664. The van der Waals surface area contributed by atoms with E-state index in [-0.39, 0.29) is 17.8 Å². The maximum atomic E-state index is 12.3. The lowest BCUT2D eigenvalue weighted by Crippen LogP contribution is -2.35. The smallest absolute Gasteiger partial charge is 0.335 e. The van der Waals surface area contributed by atoms with Crippen molar-refractivity contribution >= 4 is 31.8 Å². The molecule has 0 radical (unpaired) electrons. The molecule has 2 aromatic rings. The fraction of sp³-hybridized carbons (Fsp3) is 0.250. The zero-order chi connectivity index (χ0) is 19.5. The molecule has 0 aromatic carbocycles. The molecule has 14 heteroatoms. The number of hydrogen-bond acceptors (Lipinski definition) is 10. The number of sulfone groups is 1. The molecule has 2 amide bonds. The van der Waals surface area contributed by atoms with Gasteiger partial charge < -0.3 is 4.74 Å². The molecule has 12 nitrogen and oxygen atoms in total. The van der Waals surface area contributed by atoms with E-state index in [0.717, 1.165) is 18.5 Å². The molecule has 0 unspecified atom stereocenters. The van der Waals surface area contributed by atoms with E-state index in [9.17, 15) is 21.6 Å². The Balaban J connectivity index is 2.28.